The average molecular weight is 836 g/mol. The summed E-state index contributed by atoms with van der Waals surface area (Å²) in [7, 11) is 0. The first-order valence-electron chi connectivity index (χ1n) is 21.1. The zero-order chi connectivity index (χ0) is 43.8. The van der Waals surface area contributed by atoms with Gasteiger partial charge in [0.2, 0.25) is 11.8 Å². The number of amides is 4. The molecule has 2 saturated heterocycles. The first-order valence-corrected chi connectivity index (χ1v) is 21.1. The Bertz CT molecular complexity index is 1790. The molecule has 328 valence electrons. The summed E-state index contributed by atoms with van der Waals surface area (Å²) < 4.78 is 20.4. The number of halogens is 1. The van der Waals surface area contributed by atoms with Gasteiger partial charge >= 0.3 is 5.97 Å². The molecule has 0 radical (unpaired) electrons. The number of ether oxygens (including phenoxy) is 1. The number of nitrogens with zero attached hydrogens (tertiary/aromatic N) is 2. The van der Waals surface area contributed by atoms with E-state index in [9.17, 15) is 38.3 Å². The van der Waals surface area contributed by atoms with Crippen LogP contribution in [0.4, 0.5) is 4.39 Å². The standard InChI is InChI=1S/C45H62FN5O9/c1-29(2)40-43(56)47-37(28-33-17-13-18-34(46)27-33)44(57)50-24-14-19-36(49-50)45(58)60-38(30(3)16-12-21-39(53)51-25-10-11-26-59-51)20-9-7-6-8-15-31(4)41(54)35(42(55)48-40)23-22-32(5)52/h6-9,12-13,16-18,21,27,29,31,35-38,40-41,49,54H,10-11,14-15,19-20,22-26,28H2,1-5H3,(H,47,56)(H,48,55)/b8-6+,9-7+,21-12+,30-16+/t31?,35?,36?,37?,38-,40?,41?/m0/s1. The van der Waals surface area contributed by atoms with Gasteiger partial charge in [-0.1, -0.05) is 69.4 Å². The minimum absolute atomic E-state index is 0.0472. The van der Waals surface area contributed by atoms with E-state index < -0.39 is 77.6 Å². The Morgan fingerprint density at radius 2 is 1.75 bits per heavy atom. The molecule has 6 unspecified atom stereocenters. The van der Waals surface area contributed by atoms with E-state index >= 15 is 0 Å². The largest absolute Gasteiger partial charge is 0.456 e. The van der Waals surface area contributed by atoms with Gasteiger partial charge in [0.1, 0.15) is 35.8 Å². The molecule has 4 amide bonds. The normalized spacial score (nSPS) is 28.3. The highest BCUT2D eigenvalue weighted by Crippen LogP contribution is 2.24. The predicted octanol–water partition coefficient (Wildman–Crippen LogP) is 4.35. The van der Waals surface area contributed by atoms with Crippen LogP contribution in [0, 0.1) is 23.6 Å². The molecule has 60 heavy (non-hydrogen) atoms. The Hall–Kier alpha value is -4.99. The number of benzene rings is 1. The van der Waals surface area contributed by atoms with E-state index in [-0.39, 0.29) is 43.9 Å². The summed E-state index contributed by atoms with van der Waals surface area (Å²) in [5.74, 6) is -5.32. The summed E-state index contributed by atoms with van der Waals surface area (Å²) in [6.07, 6.45) is 13.2. The second kappa shape index (κ2) is 23.7. The lowest BCUT2D eigenvalue weighted by atomic mass is 9.85. The molecular formula is C45H62FN5O9. The number of carbonyl (C=O) groups is 6. The zero-order valence-corrected chi connectivity index (χ0v) is 35.4. The van der Waals surface area contributed by atoms with Gasteiger partial charge in [-0.05, 0) is 87.5 Å². The summed E-state index contributed by atoms with van der Waals surface area (Å²) in [6.45, 7) is 9.62. The minimum Gasteiger partial charge on any atom is -0.456 e. The highest BCUT2D eigenvalue weighted by atomic mass is 19.1. The average Bonchev–Trinajstić information content (AvgIpc) is 3.22. The Balaban J connectivity index is 1.67. The number of aliphatic hydroxyl groups excluding tert-OH is 1. The molecule has 1 aromatic rings. The lowest BCUT2D eigenvalue weighted by Gasteiger charge is -2.36. The molecule has 0 spiro atoms. The molecule has 0 aliphatic carbocycles. The summed E-state index contributed by atoms with van der Waals surface area (Å²) >= 11 is 0. The van der Waals surface area contributed by atoms with Crippen LogP contribution in [-0.4, -0.2) is 101 Å². The maximum absolute atomic E-state index is 14.3. The van der Waals surface area contributed by atoms with E-state index in [1.54, 1.807) is 58.1 Å². The SMILES string of the molecule is CC(=O)CCC1C(=O)NC(C(C)C)C(=O)NC(Cc2cccc(F)c2)C(=O)N2CCCC(N2)C(=O)O[C@H](/C(C)=C/C=C/C(=O)N2CCCCO2)C/C=C/C=C/CC(C)C1O. The predicted molar refractivity (Wildman–Crippen MR) is 222 cm³/mol. The van der Waals surface area contributed by atoms with E-state index in [0.29, 0.717) is 43.6 Å². The fraction of sp³-hybridized carbons (Fsp3) is 0.556. The lowest BCUT2D eigenvalue weighted by Crippen LogP contribution is -2.62. The molecule has 14 nitrogen and oxygen atoms in total. The maximum atomic E-state index is 14.3. The smallest absolute Gasteiger partial charge is 0.325 e. The number of ketones is 1. The van der Waals surface area contributed by atoms with Crippen LogP contribution in [0.1, 0.15) is 91.5 Å². The van der Waals surface area contributed by atoms with E-state index in [1.807, 2.05) is 12.2 Å². The van der Waals surface area contributed by atoms with Gasteiger partial charge in [0, 0.05) is 38.4 Å². The molecule has 1 aromatic carbocycles. The Morgan fingerprint density at radius 1 is 1.00 bits per heavy atom. The van der Waals surface area contributed by atoms with Gasteiger partial charge in [0.05, 0.1) is 18.6 Å². The number of Topliss-reactive ketones (excluding diaryl/α,β-unsaturated/α-hetero) is 1. The van der Waals surface area contributed by atoms with Crippen LogP contribution < -0.4 is 16.1 Å². The highest BCUT2D eigenvalue weighted by molar-refractivity contribution is 5.93. The fourth-order valence-corrected chi connectivity index (χ4v) is 7.26. The monoisotopic (exact) mass is 835 g/mol. The number of cyclic esters (lactones) is 1. The quantitative estimate of drug-likeness (QED) is 0.159. The Morgan fingerprint density at radius 3 is 2.43 bits per heavy atom. The number of esters is 1. The molecule has 2 fully saturated rings. The van der Waals surface area contributed by atoms with Crippen LogP contribution in [0.5, 0.6) is 0 Å². The number of hydrogen-bond acceptors (Lipinski definition) is 10. The number of allylic oxidation sites excluding steroid dienone is 5. The van der Waals surface area contributed by atoms with Crippen LogP contribution in [0.15, 0.2) is 72.4 Å². The third-order valence-corrected chi connectivity index (χ3v) is 10.9. The first-order chi connectivity index (χ1) is 28.6. The van der Waals surface area contributed by atoms with Gasteiger partial charge in [-0.15, -0.1) is 0 Å². The van der Waals surface area contributed by atoms with Gasteiger partial charge in [-0.25, -0.2) is 14.9 Å². The molecule has 0 saturated carbocycles. The van der Waals surface area contributed by atoms with Crippen LogP contribution in [0.2, 0.25) is 0 Å². The van der Waals surface area contributed by atoms with Crippen molar-refractivity contribution >= 4 is 35.4 Å². The third-order valence-electron chi connectivity index (χ3n) is 10.9. The van der Waals surface area contributed by atoms with Crippen molar-refractivity contribution < 1.29 is 47.8 Å². The minimum atomic E-state index is -1.24. The van der Waals surface area contributed by atoms with Crippen molar-refractivity contribution in [1.29, 1.82) is 0 Å². The Labute approximate surface area is 352 Å². The van der Waals surface area contributed by atoms with Gasteiger partial charge in [0.15, 0.2) is 0 Å². The van der Waals surface area contributed by atoms with Crippen molar-refractivity contribution in [3.63, 3.8) is 0 Å². The Kier molecular flexibility index (Phi) is 18.8. The topological polar surface area (TPSA) is 184 Å². The van der Waals surface area contributed by atoms with Gasteiger partial charge in [0.25, 0.3) is 11.8 Å². The molecule has 3 aliphatic rings. The zero-order valence-electron chi connectivity index (χ0n) is 35.4. The van der Waals surface area contributed by atoms with Crippen LogP contribution >= 0.6 is 0 Å². The van der Waals surface area contributed by atoms with Gasteiger partial charge in [-0.3, -0.25) is 33.8 Å². The number of hydroxylamine groups is 2. The number of aliphatic hydroxyl groups is 1. The number of fused-ring (bicyclic) bond motifs is 2. The highest BCUT2D eigenvalue weighted by Gasteiger charge is 2.38. The molecule has 15 heteroatoms. The third kappa shape index (κ3) is 14.6. The number of nitrogens with one attached hydrogen (secondary N) is 3. The first kappa shape index (κ1) is 47.7. The van der Waals surface area contributed by atoms with Crippen LogP contribution in [0.3, 0.4) is 0 Å². The maximum Gasteiger partial charge on any atom is 0.325 e. The second-order valence-electron chi connectivity index (χ2n) is 16.3. The number of carbonyl (C=O) groups excluding carboxylic acids is 6. The lowest BCUT2D eigenvalue weighted by molar-refractivity contribution is -0.191. The molecule has 7 atom stereocenters. The van der Waals surface area contributed by atoms with Crippen molar-refractivity contribution in [1.82, 2.24) is 26.1 Å². The summed E-state index contributed by atoms with van der Waals surface area (Å²) in [6, 6.07) is 2.37. The fourth-order valence-electron chi connectivity index (χ4n) is 7.26. The molecule has 2 bridgehead atoms. The van der Waals surface area contributed by atoms with Gasteiger partial charge in [-0.2, -0.15) is 0 Å². The van der Waals surface area contributed by atoms with Crippen molar-refractivity contribution in [2.45, 2.75) is 123 Å². The van der Waals surface area contributed by atoms with Crippen molar-refractivity contribution in [2.75, 3.05) is 19.7 Å². The summed E-state index contributed by atoms with van der Waals surface area (Å²) in [5, 5.41) is 19.6. The summed E-state index contributed by atoms with van der Waals surface area (Å²) in [4.78, 5) is 86.2. The van der Waals surface area contributed by atoms with Crippen molar-refractivity contribution in [2.24, 2.45) is 17.8 Å². The second-order valence-corrected chi connectivity index (χ2v) is 16.3. The molecule has 0 aromatic heterocycles. The van der Waals surface area contributed by atoms with E-state index in [2.05, 4.69) is 16.1 Å². The van der Waals surface area contributed by atoms with Crippen molar-refractivity contribution in [3.05, 3.63) is 83.8 Å². The van der Waals surface area contributed by atoms with E-state index in [4.69, 9.17) is 9.57 Å². The van der Waals surface area contributed by atoms with E-state index in [0.717, 1.165) is 12.8 Å². The van der Waals surface area contributed by atoms with Crippen LogP contribution in [-0.2, 0) is 44.8 Å². The molecule has 3 aliphatic heterocycles. The molecule has 3 heterocycles. The molecular weight excluding hydrogens is 774 g/mol. The number of rotatable bonds is 9. The number of hydrogen-bond donors (Lipinski definition) is 4. The van der Waals surface area contributed by atoms with Crippen molar-refractivity contribution in [3.8, 4) is 0 Å². The van der Waals surface area contributed by atoms with Gasteiger partial charge < -0.3 is 25.3 Å². The number of hydrazine groups is 1. The molecule has 4 N–H and O–H groups in total. The van der Waals surface area contributed by atoms with Crippen LogP contribution in [0.25, 0.3) is 0 Å². The van der Waals surface area contributed by atoms with E-state index in [1.165, 1.54) is 41.3 Å². The summed E-state index contributed by atoms with van der Waals surface area (Å²) in [5.41, 5.74) is 4.08. The molecule has 4 rings (SSSR count).